The first-order valence-corrected chi connectivity index (χ1v) is 6.30. The third-order valence-electron chi connectivity index (χ3n) is 3.17. The van der Waals surface area contributed by atoms with E-state index in [1.54, 1.807) is 0 Å². The molecule has 1 unspecified atom stereocenters. The van der Waals surface area contributed by atoms with Crippen molar-refractivity contribution in [3.05, 3.63) is 60.2 Å². The number of aliphatic imine (C=N–C) groups is 1. The summed E-state index contributed by atoms with van der Waals surface area (Å²) < 4.78 is 0. The van der Waals surface area contributed by atoms with Crippen LogP contribution >= 0.6 is 0 Å². The van der Waals surface area contributed by atoms with E-state index in [1.807, 2.05) is 6.07 Å². The predicted molar refractivity (Wildman–Crippen MR) is 75.9 cm³/mol. The second-order valence-electron chi connectivity index (χ2n) is 4.68. The molecule has 0 spiro atoms. The second-order valence-corrected chi connectivity index (χ2v) is 4.68. The molecule has 0 saturated carbocycles. The highest BCUT2D eigenvalue weighted by Crippen LogP contribution is 2.19. The zero-order valence-corrected chi connectivity index (χ0v) is 10.4. The topological polar surface area (TPSA) is 24.4 Å². The molecule has 2 heteroatoms. The van der Waals surface area contributed by atoms with E-state index in [0.29, 0.717) is 6.04 Å². The van der Waals surface area contributed by atoms with Crippen molar-refractivity contribution in [3.63, 3.8) is 0 Å². The van der Waals surface area contributed by atoms with Gasteiger partial charge in [-0.1, -0.05) is 54.6 Å². The molecule has 1 heterocycles. The first-order valence-electron chi connectivity index (χ1n) is 6.30. The summed E-state index contributed by atoms with van der Waals surface area (Å²) in [6.07, 6.45) is 0. The molecule has 0 aromatic heterocycles. The first kappa shape index (κ1) is 11.0. The van der Waals surface area contributed by atoms with Crippen LogP contribution in [0.15, 0.2) is 59.6 Å². The lowest BCUT2D eigenvalue weighted by atomic mass is 10.0. The minimum absolute atomic E-state index is 0.453. The minimum atomic E-state index is 0.453. The van der Waals surface area contributed by atoms with Crippen molar-refractivity contribution in [1.82, 2.24) is 5.32 Å². The number of amidine groups is 1. The Hall–Kier alpha value is -2.09. The van der Waals surface area contributed by atoms with E-state index in [2.05, 4.69) is 65.8 Å². The fourth-order valence-corrected chi connectivity index (χ4v) is 2.18. The van der Waals surface area contributed by atoms with Crippen LogP contribution in [0.4, 0.5) is 0 Å². The average molecular weight is 236 g/mol. The number of hydrogen-bond donors (Lipinski definition) is 1. The van der Waals surface area contributed by atoms with E-state index in [4.69, 9.17) is 0 Å². The van der Waals surface area contributed by atoms with Crippen molar-refractivity contribution in [3.8, 4) is 11.1 Å². The fraction of sp³-hybridized carbons (Fsp3) is 0.188. The molecule has 2 aromatic rings. The highest BCUT2D eigenvalue weighted by molar-refractivity contribution is 6.00. The molecule has 1 atom stereocenters. The molecule has 1 aliphatic heterocycles. The zero-order chi connectivity index (χ0) is 12.4. The van der Waals surface area contributed by atoms with Crippen molar-refractivity contribution in [2.45, 2.75) is 13.0 Å². The first-order chi connectivity index (χ1) is 8.83. The quantitative estimate of drug-likeness (QED) is 0.851. The molecule has 1 N–H and O–H groups in total. The molecule has 0 radical (unpaired) electrons. The molecule has 0 fully saturated rings. The Morgan fingerprint density at radius 3 is 2.11 bits per heavy atom. The van der Waals surface area contributed by atoms with E-state index in [0.717, 1.165) is 12.4 Å². The van der Waals surface area contributed by atoms with E-state index in [-0.39, 0.29) is 0 Å². The molecule has 2 nitrogen and oxygen atoms in total. The van der Waals surface area contributed by atoms with Crippen LogP contribution in [-0.4, -0.2) is 18.4 Å². The summed E-state index contributed by atoms with van der Waals surface area (Å²) in [5.74, 6) is 1.02. The van der Waals surface area contributed by atoms with E-state index >= 15 is 0 Å². The number of nitrogens with one attached hydrogen (secondary N) is 1. The Kier molecular flexibility index (Phi) is 2.85. The Morgan fingerprint density at radius 2 is 1.50 bits per heavy atom. The van der Waals surface area contributed by atoms with E-state index in [9.17, 15) is 0 Å². The maximum Gasteiger partial charge on any atom is 0.128 e. The van der Waals surface area contributed by atoms with Crippen molar-refractivity contribution >= 4 is 5.84 Å². The van der Waals surface area contributed by atoms with Gasteiger partial charge in [0.2, 0.25) is 0 Å². The van der Waals surface area contributed by atoms with Crippen LogP contribution in [0.2, 0.25) is 0 Å². The summed E-state index contributed by atoms with van der Waals surface area (Å²) in [7, 11) is 0. The molecule has 2 aromatic carbocycles. The van der Waals surface area contributed by atoms with Crippen LogP contribution < -0.4 is 5.32 Å². The molecule has 0 saturated heterocycles. The van der Waals surface area contributed by atoms with Gasteiger partial charge in [-0.2, -0.15) is 0 Å². The lowest BCUT2D eigenvalue weighted by molar-refractivity contribution is 0.726. The molecular weight excluding hydrogens is 220 g/mol. The third-order valence-corrected chi connectivity index (χ3v) is 3.17. The molecule has 90 valence electrons. The Labute approximate surface area is 107 Å². The van der Waals surface area contributed by atoms with Crippen LogP contribution in [-0.2, 0) is 0 Å². The zero-order valence-electron chi connectivity index (χ0n) is 10.4. The van der Waals surface area contributed by atoms with Gasteiger partial charge < -0.3 is 5.32 Å². The van der Waals surface area contributed by atoms with Gasteiger partial charge in [0.15, 0.2) is 0 Å². The largest absolute Gasteiger partial charge is 0.366 e. The van der Waals surface area contributed by atoms with Gasteiger partial charge in [-0.15, -0.1) is 0 Å². The monoisotopic (exact) mass is 236 g/mol. The van der Waals surface area contributed by atoms with Crippen LogP contribution in [0.5, 0.6) is 0 Å². The lowest BCUT2D eigenvalue weighted by Crippen LogP contribution is -2.27. The van der Waals surface area contributed by atoms with Gasteiger partial charge in [0.05, 0.1) is 6.54 Å². The number of rotatable bonds is 2. The van der Waals surface area contributed by atoms with Crippen molar-refractivity contribution in [2.75, 3.05) is 6.54 Å². The van der Waals surface area contributed by atoms with Crippen LogP contribution in [0.3, 0.4) is 0 Å². The molecular formula is C16H16N2. The number of nitrogens with zero attached hydrogens (tertiary/aromatic N) is 1. The number of hydrogen-bond acceptors (Lipinski definition) is 2. The molecule has 0 aliphatic carbocycles. The van der Waals surface area contributed by atoms with Gasteiger partial charge in [0.1, 0.15) is 5.84 Å². The smallest absolute Gasteiger partial charge is 0.128 e. The summed E-state index contributed by atoms with van der Waals surface area (Å²) >= 11 is 0. The fourth-order valence-electron chi connectivity index (χ4n) is 2.18. The second kappa shape index (κ2) is 4.65. The maximum absolute atomic E-state index is 4.49. The Morgan fingerprint density at radius 1 is 0.889 bits per heavy atom. The van der Waals surface area contributed by atoms with Gasteiger partial charge in [-0.05, 0) is 18.1 Å². The minimum Gasteiger partial charge on any atom is -0.366 e. The van der Waals surface area contributed by atoms with Crippen LogP contribution in [0, 0.1) is 0 Å². The van der Waals surface area contributed by atoms with Gasteiger partial charge in [0, 0.05) is 11.6 Å². The van der Waals surface area contributed by atoms with Crippen molar-refractivity contribution in [1.29, 1.82) is 0 Å². The molecule has 3 rings (SSSR count). The summed E-state index contributed by atoms with van der Waals surface area (Å²) in [4.78, 5) is 4.49. The molecule has 0 bridgehead atoms. The normalized spacial score (nSPS) is 18.3. The highest BCUT2D eigenvalue weighted by Gasteiger charge is 2.13. The summed E-state index contributed by atoms with van der Waals surface area (Å²) in [6, 6.07) is 19.4. The van der Waals surface area contributed by atoms with Gasteiger partial charge in [-0.25, -0.2) is 0 Å². The number of benzene rings is 2. The third kappa shape index (κ3) is 2.14. The maximum atomic E-state index is 4.49. The highest BCUT2D eigenvalue weighted by atomic mass is 15.1. The SMILES string of the molecule is CC1CN=C(c2ccc(-c3ccccc3)cc2)N1. The standard InChI is InChI=1S/C16H16N2/c1-12-11-17-16(18-12)15-9-7-14(8-10-15)13-5-3-2-4-6-13/h2-10,12H,11H2,1H3,(H,17,18). The van der Waals surface area contributed by atoms with Crippen LogP contribution in [0.1, 0.15) is 12.5 Å². The van der Waals surface area contributed by atoms with Gasteiger partial charge in [-0.3, -0.25) is 4.99 Å². The lowest BCUT2D eigenvalue weighted by Gasteiger charge is -2.07. The average Bonchev–Trinajstić information content (AvgIpc) is 2.87. The van der Waals surface area contributed by atoms with E-state index < -0.39 is 0 Å². The molecule has 18 heavy (non-hydrogen) atoms. The van der Waals surface area contributed by atoms with E-state index in [1.165, 1.54) is 16.7 Å². The van der Waals surface area contributed by atoms with Crippen molar-refractivity contribution < 1.29 is 0 Å². The van der Waals surface area contributed by atoms with Crippen molar-refractivity contribution in [2.24, 2.45) is 4.99 Å². The molecule has 1 aliphatic rings. The van der Waals surface area contributed by atoms with Gasteiger partial charge in [0.25, 0.3) is 0 Å². The Balaban J connectivity index is 1.86. The van der Waals surface area contributed by atoms with Crippen LogP contribution in [0.25, 0.3) is 11.1 Å². The molecule has 0 amide bonds. The summed E-state index contributed by atoms with van der Waals surface area (Å²) in [6.45, 7) is 3.02. The summed E-state index contributed by atoms with van der Waals surface area (Å²) in [5, 5.41) is 3.38. The Bertz CT molecular complexity index is 555. The van der Waals surface area contributed by atoms with Gasteiger partial charge >= 0.3 is 0 Å². The predicted octanol–water partition coefficient (Wildman–Crippen LogP) is 3.09. The summed E-state index contributed by atoms with van der Waals surface area (Å²) in [5.41, 5.74) is 3.66.